The second-order valence-electron chi connectivity index (χ2n) is 8.48. The van der Waals surface area contributed by atoms with E-state index in [9.17, 15) is 5.11 Å². The van der Waals surface area contributed by atoms with Crippen molar-refractivity contribution in [3.63, 3.8) is 0 Å². The second kappa shape index (κ2) is 12.9. The van der Waals surface area contributed by atoms with Crippen molar-refractivity contribution in [2.45, 2.75) is 32.5 Å². The van der Waals surface area contributed by atoms with E-state index in [0.717, 1.165) is 34.9 Å². The molecule has 1 N–H and O–H groups in total. The minimum atomic E-state index is -0.673. The summed E-state index contributed by atoms with van der Waals surface area (Å²) in [4.78, 5) is 2.13. The molecular formula is C29H33N3O4. The van der Waals surface area contributed by atoms with Crippen molar-refractivity contribution in [1.29, 1.82) is 0 Å². The van der Waals surface area contributed by atoms with Gasteiger partial charge in [-0.1, -0.05) is 49.4 Å². The molecule has 0 aliphatic carbocycles. The topological polar surface area (TPSA) is 72.9 Å². The highest BCUT2D eigenvalue weighted by Gasteiger charge is 2.24. The number of hydrogen-bond donors (Lipinski definition) is 1. The molecule has 0 aliphatic rings. The van der Waals surface area contributed by atoms with E-state index in [-0.39, 0.29) is 6.61 Å². The summed E-state index contributed by atoms with van der Waals surface area (Å²) in [6, 6.07) is 23.5. The lowest BCUT2D eigenvalue weighted by atomic mass is 10.1. The first-order chi connectivity index (χ1) is 17.7. The zero-order valence-corrected chi connectivity index (χ0v) is 20.6. The van der Waals surface area contributed by atoms with Crippen LogP contribution in [-0.2, 0) is 24.2 Å². The van der Waals surface area contributed by atoms with Crippen LogP contribution in [0.3, 0.4) is 0 Å². The molecule has 0 amide bonds. The van der Waals surface area contributed by atoms with Crippen LogP contribution in [0, 0.1) is 0 Å². The summed E-state index contributed by atoms with van der Waals surface area (Å²) < 4.78 is 19.4. The maximum Gasteiger partial charge on any atom is 0.227 e. The van der Waals surface area contributed by atoms with Crippen molar-refractivity contribution in [3.05, 3.63) is 109 Å². The van der Waals surface area contributed by atoms with Crippen molar-refractivity contribution in [1.82, 2.24) is 14.7 Å². The Hall–Kier alpha value is -3.65. The molecule has 188 valence electrons. The van der Waals surface area contributed by atoms with Crippen molar-refractivity contribution in [2.24, 2.45) is 0 Å². The van der Waals surface area contributed by atoms with Gasteiger partial charge in [-0.2, -0.15) is 5.10 Å². The van der Waals surface area contributed by atoms with Gasteiger partial charge in [-0.15, -0.1) is 6.58 Å². The predicted octanol–water partition coefficient (Wildman–Crippen LogP) is 5.39. The monoisotopic (exact) mass is 487 g/mol. The molecule has 1 atom stereocenters. The van der Waals surface area contributed by atoms with Crippen LogP contribution in [0.15, 0.2) is 96.1 Å². The van der Waals surface area contributed by atoms with Gasteiger partial charge in [0.15, 0.2) is 0 Å². The predicted molar refractivity (Wildman–Crippen MR) is 139 cm³/mol. The average molecular weight is 488 g/mol. The minimum Gasteiger partial charge on any atom is -0.468 e. The smallest absolute Gasteiger partial charge is 0.227 e. The second-order valence-corrected chi connectivity index (χ2v) is 8.48. The van der Waals surface area contributed by atoms with Gasteiger partial charge in [-0.3, -0.25) is 4.90 Å². The highest BCUT2D eigenvalue weighted by Crippen LogP contribution is 2.32. The van der Waals surface area contributed by atoms with Crippen LogP contribution < -0.4 is 4.74 Å². The summed E-state index contributed by atoms with van der Waals surface area (Å²) >= 11 is 0. The first-order valence-corrected chi connectivity index (χ1v) is 12.2. The van der Waals surface area contributed by atoms with E-state index in [1.807, 2.05) is 77.5 Å². The lowest BCUT2D eigenvalue weighted by Gasteiger charge is -2.24. The van der Waals surface area contributed by atoms with Gasteiger partial charge < -0.3 is 19.0 Å². The zero-order chi connectivity index (χ0) is 25.2. The molecule has 0 saturated heterocycles. The summed E-state index contributed by atoms with van der Waals surface area (Å²) in [5.41, 5.74) is 2.82. The fourth-order valence-corrected chi connectivity index (χ4v) is 4.04. The lowest BCUT2D eigenvalue weighted by Crippen LogP contribution is -2.34. The summed E-state index contributed by atoms with van der Waals surface area (Å²) in [5.74, 6) is 2.20. The molecule has 0 spiro atoms. The van der Waals surface area contributed by atoms with E-state index < -0.39 is 6.10 Å². The molecule has 0 saturated carbocycles. The van der Waals surface area contributed by atoms with Gasteiger partial charge in [-0.05, 0) is 42.8 Å². The van der Waals surface area contributed by atoms with Gasteiger partial charge in [0.2, 0.25) is 5.88 Å². The van der Waals surface area contributed by atoms with Gasteiger partial charge in [0.1, 0.15) is 11.5 Å². The molecular weight excluding hydrogens is 454 g/mol. The van der Waals surface area contributed by atoms with E-state index in [0.29, 0.717) is 32.1 Å². The first-order valence-electron chi connectivity index (χ1n) is 12.2. The maximum atomic E-state index is 10.7. The van der Waals surface area contributed by atoms with Crippen LogP contribution in [0.2, 0.25) is 0 Å². The third-order valence-corrected chi connectivity index (χ3v) is 5.67. The standard InChI is InChI=1S/C29H33N3O4/c1-3-17-34-22-24(33)19-31(20-26-16-11-18-35-26)21-27-28(4-2)30-32(23-12-7-5-8-13-23)29(27)36-25-14-9-6-10-15-25/h3,5-16,18,24,33H,1,4,17,19-22H2,2H3/t24-/m1/s1. The van der Waals surface area contributed by atoms with Crippen LogP contribution in [0.5, 0.6) is 11.6 Å². The maximum absolute atomic E-state index is 10.7. The molecule has 0 fully saturated rings. The van der Waals surface area contributed by atoms with E-state index >= 15 is 0 Å². The Morgan fingerprint density at radius 3 is 2.47 bits per heavy atom. The number of benzene rings is 2. The lowest BCUT2D eigenvalue weighted by molar-refractivity contribution is 0.0214. The Balaban J connectivity index is 1.69. The average Bonchev–Trinajstić information content (AvgIpc) is 3.53. The number of hydrogen-bond acceptors (Lipinski definition) is 6. The molecule has 0 radical (unpaired) electrons. The third-order valence-electron chi connectivity index (χ3n) is 5.67. The van der Waals surface area contributed by atoms with Crippen LogP contribution in [0.25, 0.3) is 5.69 Å². The number of aliphatic hydroxyl groups excluding tert-OH is 1. The Kier molecular flexibility index (Phi) is 9.10. The van der Waals surface area contributed by atoms with Crippen molar-refractivity contribution in [2.75, 3.05) is 19.8 Å². The van der Waals surface area contributed by atoms with Crippen LogP contribution in [-0.4, -0.2) is 45.6 Å². The van der Waals surface area contributed by atoms with E-state index in [2.05, 4.69) is 18.4 Å². The van der Waals surface area contributed by atoms with Gasteiger partial charge in [-0.25, -0.2) is 4.68 Å². The van der Waals surface area contributed by atoms with Gasteiger partial charge in [0, 0.05) is 13.1 Å². The van der Waals surface area contributed by atoms with Crippen LogP contribution >= 0.6 is 0 Å². The molecule has 4 rings (SSSR count). The molecule has 7 nitrogen and oxygen atoms in total. The first kappa shape index (κ1) is 25.4. The quantitative estimate of drug-likeness (QED) is 0.190. The van der Waals surface area contributed by atoms with E-state index in [1.54, 1.807) is 12.3 Å². The number of ether oxygens (including phenoxy) is 2. The third kappa shape index (κ3) is 6.73. The summed E-state index contributed by atoms with van der Waals surface area (Å²) in [6.07, 6.45) is 3.39. The fraction of sp³-hybridized carbons (Fsp3) is 0.276. The Morgan fingerprint density at radius 2 is 1.81 bits per heavy atom. The largest absolute Gasteiger partial charge is 0.468 e. The van der Waals surface area contributed by atoms with Gasteiger partial charge >= 0.3 is 0 Å². The number of rotatable bonds is 14. The number of para-hydroxylation sites is 2. The molecule has 0 unspecified atom stereocenters. The van der Waals surface area contributed by atoms with E-state index in [4.69, 9.17) is 19.0 Å². The molecule has 0 aliphatic heterocycles. The molecule has 2 aromatic heterocycles. The van der Waals surface area contributed by atoms with Crippen LogP contribution in [0.4, 0.5) is 0 Å². The molecule has 0 bridgehead atoms. The minimum absolute atomic E-state index is 0.220. The number of aliphatic hydroxyl groups is 1. The molecule has 4 aromatic rings. The Morgan fingerprint density at radius 1 is 1.06 bits per heavy atom. The van der Waals surface area contributed by atoms with Gasteiger partial charge in [0.25, 0.3) is 0 Å². The molecule has 7 heteroatoms. The molecule has 2 heterocycles. The number of aryl methyl sites for hydroxylation is 1. The SMILES string of the molecule is C=CCOC[C@H](O)CN(Cc1ccco1)Cc1c(CC)nn(-c2ccccc2)c1Oc1ccccc1. The Bertz CT molecular complexity index is 1190. The zero-order valence-electron chi connectivity index (χ0n) is 20.6. The summed E-state index contributed by atoms with van der Waals surface area (Å²) in [6.45, 7) is 7.79. The Labute approximate surface area is 212 Å². The summed E-state index contributed by atoms with van der Waals surface area (Å²) in [5, 5.41) is 15.6. The van der Waals surface area contributed by atoms with Gasteiger partial charge in [0.05, 0.1) is 49.1 Å². The fourth-order valence-electron chi connectivity index (χ4n) is 4.04. The highest BCUT2D eigenvalue weighted by atomic mass is 16.5. The normalized spacial score (nSPS) is 12.1. The van der Waals surface area contributed by atoms with Crippen molar-refractivity contribution < 1.29 is 19.0 Å². The number of aromatic nitrogens is 2. The van der Waals surface area contributed by atoms with Crippen LogP contribution in [0.1, 0.15) is 23.9 Å². The molecule has 2 aromatic carbocycles. The van der Waals surface area contributed by atoms with E-state index in [1.165, 1.54) is 0 Å². The number of nitrogens with zero attached hydrogens (tertiary/aromatic N) is 3. The number of furan rings is 1. The molecule has 36 heavy (non-hydrogen) atoms. The summed E-state index contributed by atoms with van der Waals surface area (Å²) in [7, 11) is 0. The highest BCUT2D eigenvalue weighted by molar-refractivity contribution is 5.43. The van der Waals surface area contributed by atoms with Crippen molar-refractivity contribution >= 4 is 0 Å². The van der Waals surface area contributed by atoms with Crippen molar-refractivity contribution in [3.8, 4) is 17.3 Å².